The van der Waals surface area contributed by atoms with Gasteiger partial charge in [0.1, 0.15) is 5.69 Å². The van der Waals surface area contributed by atoms with Crippen LogP contribution in [0.4, 0.5) is 0 Å². The molecule has 0 saturated carbocycles. The Bertz CT molecular complexity index is 659. The minimum Gasteiger partial charge on any atom is -0.263 e. The van der Waals surface area contributed by atoms with Gasteiger partial charge in [0.05, 0.1) is 17.1 Å². The molecule has 94 valence electrons. The van der Waals surface area contributed by atoms with E-state index in [9.17, 15) is 0 Å². The van der Waals surface area contributed by atoms with Crippen molar-refractivity contribution in [3.63, 3.8) is 0 Å². The predicted octanol–water partition coefficient (Wildman–Crippen LogP) is 3.03. The van der Waals surface area contributed by atoms with E-state index in [1.165, 1.54) is 0 Å². The Balaban J connectivity index is 2.09. The summed E-state index contributed by atoms with van der Waals surface area (Å²) >= 11 is 0. The molecule has 0 aliphatic carbocycles. The molecule has 4 nitrogen and oxygen atoms in total. The number of aromatic nitrogens is 4. The molecule has 0 aromatic carbocycles. The average molecular weight is 250 g/mol. The zero-order valence-corrected chi connectivity index (χ0v) is 10.7. The molecule has 4 heteroatoms. The summed E-state index contributed by atoms with van der Waals surface area (Å²) in [5.41, 5.74) is 3.71. The van der Waals surface area contributed by atoms with Gasteiger partial charge in [-0.05, 0) is 37.3 Å². The third-order valence-corrected chi connectivity index (χ3v) is 2.93. The molecule has 0 atom stereocenters. The smallest absolute Gasteiger partial charge is 0.111 e. The van der Waals surface area contributed by atoms with Crippen molar-refractivity contribution in [2.24, 2.45) is 0 Å². The Kier molecular flexibility index (Phi) is 3.06. The van der Waals surface area contributed by atoms with E-state index >= 15 is 0 Å². The highest BCUT2D eigenvalue weighted by molar-refractivity contribution is 5.64. The highest BCUT2D eigenvalue weighted by Crippen LogP contribution is 2.23. The predicted molar refractivity (Wildman–Crippen MR) is 74.4 cm³/mol. The number of hydrogen-bond donors (Lipinski definition) is 0. The molecule has 0 amide bonds. The van der Waals surface area contributed by atoms with Crippen molar-refractivity contribution in [1.29, 1.82) is 0 Å². The largest absolute Gasteiger partial charge is 0.263 e. The van der Waals surface area contributed by atoms with E-state index in [2.05, 4.69) is 22.0 Å². The van der Waals surface area contributed by atoms with Crippen molar-refractivity contribution in [2.45, 2.75) is 13.5 Å². The molecule has 0 saturated heterocycles. The minimum atomic E-state index is 0.804. The summed E-state index contributed by atoms with van der Waals surface area (Å²) in [5.74, 6) is 0. The van der Waals surface area contributed by atoms with Gasteiger partial charge in [0.25, 0.3) is 0 Å². The van der Waals surface area contributed by atoms with Gasteiger partial charge in [-0.3, -0.25) is 14.6 Å². The molecule has 0 N–H and O–H groups in total. The van der Waals surface area contributed by atoms with Crippen molar-refractivity contribution < 1.29 is 0 Å². The Morgan fingerprint density at radius 1 is 0.895 bits per heavy atom. The minimum absolute atomic E-state index is 0.804. The monoisotopic (exact) mass is 250 g/mol. The quantitative estimate of drug-likeness (QED) is 0.717. The summed E-state index contributed by atoms with van der Waals surface area (Å²) < 4.78 is 1.95. The van der Waals surface area contributed by atoms with Gasteiger partial charge in [-0.2, -0.15) is 5.10 Å². The number of rotatable bonds is 3. The third-order valence-electron chi connectivity index (χ3n) is 2.93. The maximum atomic E-state index is 4.59. The highest BCUT2D eigenvalue weighted by atomic mass is 15.3. The summed E-state index contributed by atoms with van der Waals surface area (Å²) in [6.07, 6.45) is 3.57. The normalized spacial score (nSPS) is 10.6. The van der Waals surface area contributed by atoms with Gasteiger partial charge in [0, 0.05) is 18.9 Å². The van der Waals surface area contributed by atoms with E-state index in [1.807, 2.05) is 47.1 Å². The summed E-state index contributed by atoms with van der Waals surface area (Å²) in [7, 11) is 0. The van der Waals surface area contributed by atoms with E-state index in [1.54, 1.807) is 12.4 Å². The van der Waals surface area contributed by atoms with Crippen molar-refractivity contribution >= 4 is 0 Å². The lowest BCUT2D eigenvalue weighted by molar-refractivity contribution is 0.667. The average Bonchev–Trinajstić information content (AvgIpc) is 2.93. The molecule has 19 heavy (non-hydrogen) atoms. The summed E-state index contributed by atoms with van der Waals surface area (Å²) in [4.78, 5) is 8.72. The van der Waals surface area contributed by atoms with Crippen LogP contribution in [0.5, 0.6) is 0 Å². The lowest BCUT2D eigenvalue weighted by Gasteiger charge is -2.02. The van der Waals surface area contributed by atoms with Crippen molar-refractivity contribution in [2.75, 3.05) is 0 Å². The second-order valence-electron chi connectivity index (χ2n) is 4.16. The first-order valence-corrected chi connectivity index (χ1v) is 6.29. The molecule has 0 radical (unpaired) electrons. The zero-order valence-electron chi connectivity index (χ0n) is 10.7. The Labute approximate surface area is 111 Å². The molecule has 3 heterocycles. The topological polar surface area (TPSA) is 43.6 Å². The Hall–Kier alpha value is -2.49. The fourth-order valence-corrected chi connectivity index (χ4v) is 2.02. The fourth-order valence-electron chi connectivity index (χ4n) is 2.02. The lowest BCUT2D eigenvalue weighted by atomic mass is 10.2. The molecule has 3 aromatic heterocycles. The standard InChI is InChI=1S/C15H14N4/c1-2-19-15(13-8-4-6-10-17-13)11-14(18-19)12-7-3-5-9-16-12/h3-11H,2H2,1H3. The van der Waals surface area contributed by atoms with Crippen LogP contribution in [0.25, 0.3) is 22.8 Å². The van der Waals surface area contributed by atoms with Crippen LogP contribution in [0.2, 0.25) is 0 Å². The van der Waals surface area contributed by atoms with Crippen LogP contribution in [-0.2, 0) is 6.54 Å². The van der Waals surface area contributed by atoms with Gasteiger partial charge in [0.15, 0.2) is 0 Å². The molecule has 0 aliphatic heterocycles. The first-order chi connectivity index (χ1) is 9.38. The van der Waals surface area contributed by atoms with Crippen LogP contribution in [0, 0.1) is 0 Å². The number of nitrogens with zero attached hydrogens (tertiary/aromatic N) is 4. The van der Waals surface area contributed by atoms with Gasteiger partial charge >= 0.3 is 0 Å². The van der Waals surface area contributed by atoms with Crippen molar-refractivity contribution in [3.8, 4) is 22.8 Å². The molecule has 0 spiro atoms. The van der Waals surface area contributed by atoms with Crippen molar-refractivity contribution in [1.82, 2.24) is 19.7 Å². The fraction of sp³-hybridized carbons (Fsp3) is 0.133. The van der Waals surface area contributed by atoms with Gasteiger partial charge in [-0.15, -0.1) is 0 Å². The summed E-state index contributed by atoms with van der Waals surface area (Å²) in [6, 6.07) is 13.8. The van der Waals surface area contributed by atoms with Gasteiger partial charge in [-0.1, -0.05) is 12.1 Å². The molecular weight excluding hydrogens is 236 g/mol. The Morgan fingerprint density at radius 3 is 2.16 bits per heavy atom. The van der Waals surface area contributed by atoms with E-state index in [0.717, 1.165) is 29.3 Å². The zero-order chi connectivity index (χ0) is 13.1. The van der Waals surface area contributed by atoms with Gasteiger partial charge in [-0.25, -0.2) is 0 Å². The van der Waals surface area contributed by atoms with Crippen LogP contribution >= 0.6 is 0 Å². The molecule has 3 aromatic rings. The maximum absolute atomic E-state index is 4.59. The molecule has 0 unspecified atom stereocenters. The number of pyridine rings is 2. The summed E-state index contributed by atoms with van der Waals surface area (Å²) in [6.45, 7) is 2.88. The third kappa shape index (κ3) is 2.25. The number of aryl methyl sites for hydroxylation is 1. The molecule has 0 bridgehead atoms. The first kappa shape index (κ1) is 11.6. The van der Waals surface area contributed by atoms with Gasteiger partial charge in [0.2, 0.25) is 0 Å². The molecular formula is C15H14N4. The van der Waals surface area contributed by atoms with Crippen LogP contribution in [0.3, 0.4) is 0 Å². The summed E-state index contributed by atoms with van der Waals surface area (Å²) in [5, 5.41) is 4.59. The van der Waals surface area contributed by atoms with E-state index in [-0.39, 0.29) is 0 Å². The number of hydrogen-bond acceptors (Lipinski definition) is 3. The van der Waals surface area contributed by atoms with Crippen LogP contribution in [0.1, 0.15) is 6.92 Å². The molecule has 0 fully saturated rings. The van der Waals surface area contributed by atoms with Crippen LogP contribution < -0.4 is 0 Å². The van der Waals surface area contributed by atoms with E-state index in [4.69, 9.17) is 0 Å². The van der Waals surface area contributed by atoms with Crippen LogP contribution in [-0.4, -0.2) is 19.7 Å². The van der Waals surface area contributed by atoms with Crippen molar-refractivity contribution in [3.05, 3.63) is 54.9 Å². The lowest BCUT2D eigenvalue weighted by Crippen LogP contribution is -2.00. The van der Waals surface area contributed by atoms with E-state index < -0.39 is 0 Å². The SMILES string of the molecule is CCn1nc(-c2ccccn2)cc1-c1ccccn1. The second kappa shape index (κ2) is 5.02. The molecule has 0 aliphatic rings. The van der Waals surface area contributed by atoms with E-state index in [0.29, 0.717) is 0 Å². The van der Waals surface area contributed by atoms with Crippen LogP contribution in [0.15, 0.2) is 54.9 Å². The molecule has 3 rings (SSSR count). The first-order valence-electron chi connectivity index (χ1n) is 6.29. The highest BCUT2D eigenvalue weighted by Gasteiger charge is 2.11. The maximum Gasteiger partial charge on any atom is 0.111 e. The second-order valence-corrected chi connectivity index (χ2v) is 4.16. The van der Waals surface area contributed by atoms with Gasteiger partial charge < -0.3 is 0 Å². The Morgan fingerprint density at radius 2 is 1.58 bits per heavy atom.